The van der Waals surface area contributed by atoms with Crippen molar-refractivity contribution in [1.29, 1.82) is 0 Å². The van der Waals surface area contributed by atoms with E-state index in [4.69, 9.17) is 47.0 Å². The first-order valence-corrected chi connectivity index (χ1v) is 9.01. The Morgan fingerprint density at radius 3 is 2.23 bits per heavy atom. The molecule has 9 heteroatoms. The fourth-order valence-corrected chi connectivity index (χ4v) is 2.59. The molecule has 0 radical (unpaired) electrons. The summed E-state index contributed by atoms with van der Waals surface area (Å²) in [6.45, 7) is 0. The van der Waals surface area contributed by atoms with E-state index in [0.717, 1.165) is 5.56 Å². The lowest BCUT2D eigenvalue weighted by Gasteiger charge is -2.27. The van der Waals surface area contributed by atoms with Crippen LogP contribution in [-0.4, -0.2) is 21.0 Å². The van der Waals surface area contributed by atoms with Gasteiger partial charge in [0.15, 0.2) is 5.11 Å². The van der Waals surface area contributed by atoms with Crippen molar-refractivity contribution in [3.8, 4) is 0 Å². The summed E-state index contributed by atoms with van der Waals surface area (Å²) in [5, 5.41) is 8.26. The lowest BCUT2D eigenvalue weighted by Crippen LogP contribution is -2.56. The molecule has 26 heavy (non-hydrogen) atoms. The van der Waals surface area contributed by atoms with Crippen LogP contribution >= 0.6 is 47.0 Å². The van der Waals surface area contributed by atoms with E-state index in [-0.39, 0.29) is 23.3 Å². The number of benzene rings is 2. The van der Waals surface area contributed by atoms with E-state index >= 15 is 0 Å². The van der Waals surface area contributed by atoms with Gasteiger partial charge in [0.1, 0.15) is 12.0 Å². The van der Waals surface area contributed by atoms with Crippen LogP contribution in [0.5, 0.6) is 0 Å². The summed E-state index contributed by atoms with van der Waals surface area (Å²) in [5.41, 5.74) is 1.36. The van der Waals surface area contributed by atoms with Crippen molar-refractivity contribution in [3.63, 3.8) is 0 Å². The minimum Gasteiger partial charge on any atom is -0.339 e. The number of hydrogen-bond acceptors (Lipinski definition) is 2. The molecule has 0 heterocycles. The van der Waals surface area contributed by atoms with Crippen LogP contribution in [0.2, 0.25) is 0 Å². The summed E-state index contributed by atoms with van der Waals surface area (Å²) in [4.78, 5) is 12.2. The van der Waals surface area contributed by atoms with E-state index in [2.05, 4.69) is 16.0 Å². The van der Waals surface area contributed by atoms with Gasteiger partial charge in [-0.05, 0) is 42.0 Å². The number of amides is 1. The fourth-order valence-electron chi connectivity index (χ4n) is 2.02. The van der Waals surface area contributed by atoms with Gasteiger partial charge in [0.25, 0.3) is 0 Å². The number of hydrogen-bond donors (Lipinski definition) is 3. The van der Waals surface area contributed by atoms with Crippen molar-refractivity contribution in [2.45, 2.75) is 16.4 Å². The quantitative estimate of drug-likeness (QED) is 0.376. The van der Waals surface area contributed by atoms with Crippen molar-refractivity contribution in [2.75, 3.05) is 5.32 Å². The summed E-state index contributed by atoms with van der Waals surface area (Å²) in [6.07, 6.45) is -0.943. The number of carbonyl (C=O) groups is 1. The van der Waals surface area contributed by atoms with E-state index in [0.29, 0.717) is 5.69 Å². The molecule has 0 saturated carbocycles. The molecule has 1 amide bonds. The Bertz CT molecular complexity index is 754. The topological polar surface area (TPSA) is 53.2 Å². The van der Waals surface area contributed by atoms with Gasteiger partial charge in [-0.3, -0.25) is 4.79 Å². The Hall–Kier alpha value is -1.60. The van der Waals surface area contributed by atoms with E-state index in [9.17, 15) is 9.18 Å². The number of thiocarbonyl (C=S) groups is 1. The van der Waals surface area contributed by atoms with E-state index in [1.54, 1.807) is 0 Å². The summed E-state index contributed by atoms with van der Waals surface area (Å²) >= 11 is 22.9. The van der Waals surface area contributed by atoms with Crippen molar-refractivity contribution < 1.29 is 9.18 Å². The first-order chi connectivity index (χ1) is 12.2. The molecular weight excluding hydrogens is 420 g/mol. The molecule has 138 valence electrons. The van der Waals surface area contributed by atoms with Gasteiger partial charge in [0.2, 0.25) is 9.70 Å². The number of nitrogens with one attached hydrogen (secondary N) is 3. The molecule has 0 aromatic heterocycles. The molecule has 0 fully saturated rings. The predicted octanol–water partition coefficient (Wildman–Crippen LogP) is 4.17. The molecule has 0 bridgehead atoms. The van der Waals surface area contributed by atoms with Crippen LogP contribution < -0.4 is 16.0 Å². The molecule has 3 N–H and O–H groups in total. The van der Waals surface area contributed by atoms with Crippen LogP contribution in [0.25, 0.3) is 0 Å². The van der Waals surface area contributed by atoms with Crippen LogP contribution in [0.15, 0.2) is 54.6 Å². The Balaban J connectivity index is 1.97. The highest BCUT2D eigenvalue weighted by Gasteiger charge is 2.34. The fraction of sp³-hybridized carbons (Fsp3) is 0.176. The number of carbonyl (C=O) groups excluding carboxylic acids is 1. The minimum absolute atomic E-state index is 0.105. The monoisotopic (exact) mass is 433 g/mol. The molecule has 0 aliphatic heterocycles. The van der Waals surface area contributed by atoms with Crippen molar-refractivity contribution >= 4 is 63.7 Å². The normalized spacial score (nSPS) is 12.2. The van der Waals surface area contributed by atoms with Crippen LogP contribution in [0.4, 0.5) is 10.1 Å². The highest BCUT2D eigenvalue weighted by molar-refractivity contribution is 7.80. The predicted molar refractivity (Wildman–Crippen MR) is 108 cm³/mol. The Labute approximate surface area is 171 Å². The molecule has 0 unspecified atom stereocenters. The van der Waals surface area contributed by atoms with Crippen LogP contribution in [0.3, 0.4) is 0 Å². The van der Waals surface area contributed by atoms with Gasteiger partial charge in [-0.25, -0.2) is 4.39 Å². The third-order valence-electron chi connectivity index (χ3n) is 3.22. The summed E-state index contributed by atoms with van der Waals surface area (Å²) in [7, 11) is 0. The Kier molecular flexibility index (Phi) is 7.46. The smallest absolute Gasteiger partial charge is 0.228 e. The second-order valence-corrected chi connectivity index (χ2v) is 8.09. The third-order valence-corrected chi connectivity index (χ3v) is 4.09. The van der Waals surface area contributed by atoms with Gasteiger partial charge < -0.3 is 16.0 Å². The highest BCUT2D eigenvalue weighted by atomic mass is 35.6. The van der Waals surface area contributed by atoms with Gasteiger partial charge in [-0.15, -0.1) is 0 Å². The third kappa shape index (κ3) is 6.96. The number of halogens is 4. The lowest BCUT2D eigenvalue weighted by molar-refractivity contribution is -0.121. The molecule has 0 aliphatic carbocycles. The summed E-state index contributed by atoms with van der Waals surface area (Å²) < 4.78 is 11.1. The van der Waals surface area contributed by atoms with Gasteiger partial charge in [-0.2, -0.15) is 0 Å². The molecule has 1 atom stereocenters. The first-order valence-electron chi connectivity index (χ1n) is 7.47. The van der Waals surface area contributed by atoms with E-state index < -0.39 is 9.96 Å². The van der Waals surface area contributed by atoms with Crippen molar-refractivity contribution in [1.82, 2.24) is 10.6 Å². The standard InChI is InChI=1S/C17H15Cl3FN3OS/c18-17(19,20)15(23-14(25)10-11-4-2-1-3-5-11)24-16(26)22-13-8-6-12(21)7-9-13/h1-9,15H,10H2,(H,23,25)(H2,22,24,26)/t15-/m1/s1. The zero-order valence-electron chi connectivity index (χ0n) is 13.3. The van der Waals surface area contributed by atoms with Crippen LogP contribution in [-0.2, 0) is 11.2 Å². The van der Waals surface area contributed by atoms with Crippen molar-refractivity contribution in [2.24, 2.45) is 0 Å². The highest BCUT2D eigenvalue weighted by Crippen LogP contribution is 2.29. The Morgan fingerprint density at radius 1 is 1.04 bits per heavy atom. The second-order valence-electron chi connectivity index (χ2n) is 5.31. The van der Waals surface area contributed by atoms with Crippen LogP contribution in [0.1, 0.15) is 5.56 Å². The van der Waals surface area contributed by atoms with Gasteiger partial charge in [0, 0.05) is 5.69 Å². The maximum Gasteiger partial charge on any atom is 0.228 e. The van der Waals surface area contributed by atoms with E-state index in [1.165, 1.54) is 24.3 Å². The summed E-state index contributed by atoms with van der Waals surface area (Å²) in [5.74, 6) is -0.716. The summed E-state index contributed by atoms with van der Waals surface area (Å²) in [6, 6.07) is 14.7. The molecule has 2 rings (SSSR count). The SMILES string of the molecule is O=C(Cc1ccccc1)N[C@H](NC(=S)Nc1ccc(F)cc1)C(Cl)(Cl)Cl. The van der Waals surface area contributed by atoms with Gasteiger partial charge in [0.05, 0.1) is 6.42 Å². The minimum atomic E-state index is -1.85. The number of alkyl halides is 3. The van der Waals surface area contributed by atoms with Gasteiger partial charge in [-0.1, -0.05) is 65.1 Å². The van der Waals surface area contributed by atoms with Gasteiger partial charge >= 0.3 is 0 Å². The maximum absolute atomic E-state index is 12.9. The zero-order chi connectivity index (χ0) is 19.2. The number of rotatable bonds is 5. The van der Waals surface area contributed by atoms with Crippen molar-refractivity contribution in [3.05, 3.63) is 66.0 Å². The Morgan fingerprint density at radius 2 is 1.65 bits per heavy atom. The van der Waals surface area contributed by atoms with Crippen LogP contribution in [0, 0.1) is 5.82 Å². The molecule has 0 spiro atoms. The second kappa shape index (κ2) is 9.37. The van der Waals surface area contributed by atoms with E-state index in [1.807, 2.05) is 30.3 Å². The average Bonchev–Trinajstić information content (AvgIpc) is 2.56. The molecule has 2 aromatic carbocycles. The molecule has 2 aromatic rings. The molecular formula is C17H15Cl3FN3OS. The molecule has 0 saturated heterocycles. The lowest BCUT2D eigenvalue weighted by atomic mass is 10.1. The average molecular weight is 435 g/mol. The largest absolute Gasteiger partial charge is 0.339 e. The molecule has 4 nitrogen and oxygen atoms in total. The molecule has 0 aliphatic rings. The first kappa shape index (κ1) is 20.7. The zero-order valence-corrected chi connectivity index (χ0v) is 16.4. The number of anilines is 1. The maximum atomic E-state index is 12.9.